The number of anilines is 1. The molecule has 4 rings (SSSR count). The number of hydrazine groups is 1. The lowest BCUT2D eigenvalue weighted by molar-refractivity contribution is -0.131. The highest BCUT2D eigenvalue weighted by Gasteiger charge is 2.31. The molecule has 0 spiro atoms. The first-order valence-corrected chi connectivity index (χ1v) is 15.5. The zero-order valence-corrected chi connectivity index (χ0v) is 26.9. The Bertz CT molecular complexity index is 1660. The van der Waals surface area contributed by atoms with Gasteiger partial charge in [0.25, 0.3) is 5.91 Å². The number of thiocarbonyl (C=S) groups is 1. The first-order valence-electron chi connectivity index (χ1n) is 15.1. The second-order valence-corrected chi connectivity index (χ2v) is 11.5. The predicted octanol–water partition coefficient (Wildman–Crippen LogP) is 6.07. The van der Waals surface area contributed by atoms with E-state index in [1.165, 1.54) is 17.1 Å². The van der Waals surface area contributed by atoms with Crippen LogP contribution in [0.1, 0.15) is 71.2 Å². The number of aromatic nitrogens is 2. The second-order valence-electron chi connectivity index (χ2n) is 11.1. The van der Waals surface area contributed by atoms with Crippen LogP contribution in [0.2, 0.25) is 0 Å². The van der Waals surface area contributed by atoms with E-state index < -0.39 is 11.9 Å². The van der Waals surface area contributed by atoms with Crippen molar-refractivity contribution in [1.82, 2.24) is 20.4 Å². The molecule has 0 saturated heterocycles. The quantitative estimate of drug-likeness (QED) is 0.0956. The standard InChI is InChI=1S/C35H38N6O4S/c1-4-23(2)17-18-38-41(35(46)39-28-13-15-29(45-3)16-14-28)33(42)30(19-24-9-11-27(12-10-24)34(43)44)31-22-37-32(40-31)20-25-5-7-26(21-36)8-6-25/h5-16,22-23,30,38H,4,17-20H2,1-3H3,(H,37,40)(H,39,46)(H,43,44)/t23-,30?/m0/s1. The molecule has 2 atom stereocenters. The number of carboxylic acids is 1. The number of ether oxygens (including phenoxy) is 1. The number of aromatic amines is 1. The summed E-state index contributed by atoms with van der Waals surface area (Å²) in [6.45, 7) is 4.81. The molecule has 0 saturated carbocycles. The Kier molecular flexibility index (Phi) is 12.0. The summed E-state index contributed by atoms with van der Waals surface area (Å²) in [5.74, 6) is -0.244. The lowest BCUT2D eigenvalue weighted by atomic mass is 9.95. The van der Waals surface area contributed by atoms with Crippen molar-refractivity contribution in [2.75, 3.05) is 19.0 Å². The topological polar surface area (TPSA) is 143 Å². The van der Waals surface area contributed by atoms with Gasteiger partial charge in [-0.25, -0.2) is 20.2 Å². The SMILES string of the molecule is CC[C@H](C)CCNN(C(=O)C(Cc1ccc(C(=O)O)cc1)c1cnc(Cc2ccc(C#N)cc2)[nH]1)C(=S)Nc1ccc(OC)cc1. The number of carbonyl (C=O) groups is 2. The summed E-state index contributed by atoms with van der Waals surface area (Å²) in [5.41, 5.74) is 7.03. The summed E-state index contributed by atoms with van der Waals surface area (Å²) >= 11 is 5.78. The fourth-order valence-corrected chi connectivity index (χ4v) is 5.04. The molecule has 11 heteroatoms. The van der Waals surface area contributed by atoms with E-state index in [1.54, 1.807) is 49.7 Å². The molecular weight excluding hydrogens is 600 g/mol. The molecule has 1 heterocycles. The van der Waals surface area contributed by atoms with E-state index in [0.717, 1.165) is 24.0 Å². The first-order chi connectivity index (χ1) is 22.2. The Morgan fingerprint density at radius 1 is 1.07 bits per heavy atom. The molecule has 4 N–H and O–H groups in total. The van der Waals surface area contributed by atoms with Crippen molar-refractivity contribution >= 4 is 34.9 Å². The highest BCUT2D eigenvalue weighted by Crippen LogP contribution is 2.24. The third-order valence-corrected chi connectivity index (χ3v) is 8.07. The molecule has 238 valence electrons. The van der Waals surface area contributed by atoms with Gasteiger partial charge in [0.05, 0.1) is 30.2 Å². The summed E-state index contributed by atoms with van der Waals surface area (Å²) in [5, 5.41) is 23.2. The van der Waals surface area contributed by atoms with Crippen LogP contribution in [0.15, 0.2) is 79.0 Å². The van der Waals surface area contributed by atoms with Gasteiger partial charge in [0.15, 0.2) is 5.11 Å². The van der Waals surface area contributed by atoms with Gasteiger partial charge >= 0.3 is 5.97 Å². The monoisotopic (exact) mass is 638 g/mol. The minimum atomic E-state index is -1.02. The van der Waals surface area contributed by atoms with Crippen LogP contribution in [0.5, 0.6) is 5.75 Å². The number of hydrogen-bond acceptors (Lipinski definition) is 7. The number of benzene rings is 3. The molecule has 1 unspecified atom stereocenters. The molecule has 0 aliphatic rings. The highest BCUT2D eigenvalue weighted by atomic mass is 32.1. The van der Waals surface area contributed by atoms with Gasteiger partial charge in [-0.3, -0.25) is 4.79 Å². The lowest BCUT2D eigenvalue weighted by Gasteiger charge is -2.29. The highest BCUT2D eigenvalue weighted by molar-refractivity contribution is 7.80. The largest absolute Gasteiger partial charge is 0.497 e. The number of methoxy groups -OCH3 is 1. The Labute approximate surface area is 274 Å². The van der Waals surface area contributed by atoms with Crippen molar-refractivity contribution < 1.29 is 19.4 Å². The van der Waals surface area contributed by atoms with Crippen molar-refractivity contribution in [3.63, 3.8) is 0 Å². The molecule has 10 nitrogen and oxygen atoms in total. The molecule has 0 radical (unpaired) electrons. The summed E-state index contributed by atoms with van der Waals surface area (Å²) in [6.07, 6.45) is 4.26. The zero-order valence-electron chi connectivity index (χ0n) is 26.1. The van der Waals surface area contributed by atoms with E-state index in [4.69, 9.17) is 22.2 Å². The third-order valence-electron chi connectivity index (χ3n) is 7.79. The third kappa shape index (κ3) is 9.23. The van der Waals surface area contributed by atoms with Crippen LogP contribution < -0.4 is 15.5 Å². The van der Waals surface area contributed by atoms with Crippen molar-refractivity contribution in [3.8, 4) is 11.8 Å². The summed E-state index contributed by atoms with van der Waals surface area (Å²) < 4.78 is 5.26. The number of carboxylic acid groups (broad SMARTS) is 1. The second kappa shape index (κ2) is 16.3. The number of nitrogens with one attached hydrogen (secondary N) is 3. The van der Waals surface area contributed by atoms with E-state index in [0.29, 0.717) is 47.4 Å². The van der Waals surface area contributed by atoms with Gasteiger partial charge in [-0.05, 0) is 90.6 Å². The molecule has 3 aromatic carbocycles. The average Bonchev–Trinajstić information content (AvgIpc) is 3.54. The fourth-order valence-electron chi connectivity index (χ4n) is 4.77. The van der Waals surface area contributed by atoms with Crippen LogP contribution in [-0.4, -0.2) is 50.7 Å². The normalized spacial score (nSPS) is 12.0. The molecular formula is C35H38N6O4S. The Hall–Kier alpha value is -5.05. The number of imidazole rings is 1. The minimum absolute atomic E-state index is 0.163. The van der Waals surface area contributed by atoms with Gasteiger partial charge in [0, 0.05) is 30.5 Å². The van der Waals surface area contributed by atoms with Crippen molar-refractivity contribution in [2.24, 2.45) is 5.92 Å². The number of amides is 1. The Morgan fingerprint density at radius 2 is 1.74 bits per heavy atom. The van der Waals surface area contributed by atoms with E-state index in [2.05, 4.69) is 40.6 Å². The van der Waals surface area contributed by atoms with Crippen molar-refractivity contribution in [2.45, 2.75) is 45.4 Å². The summed E-state index contributed by atoms with van der Waals surface area (Å²) in [6, 6.07) is 23.1. The fraction of sp³-hybridized carbons (Fsp3) is 0.286. The van der Waals surface area contributed by atoms with E-state index in [9.17, 15) is 14.7 Å². The smallest absolute Gasteiger partial charge is 0.335 e. The van der Waals surface area contributed by atoms with Crippen LogP contribution in [0.3, 0.4) is 0 Å². The predicted molar refractivity (Wildman–Crippen MR) is 181 cm³/mol. The van der Waals surface area contributed by atoms with Crippen LogP contribution >= 0.6 is 12.2 Å². The first kappa shape index (κ1) is 33.8. The number of H-pyrrole nitrogens is 1. The molecule has 0 aliphatic heterocycles. The van der Waals surface area contributed by atoms with Gasteiger partial charge in [0.1, 0.15) is 11.6 Å². The number of hydrogen-bond donors (Lipinski definition) is 4. The number of nitrogens with zero attached hydrogens (tertiary/aromatic N) is 3. The maximum absolute atomic E-state index is 14.5. The van der Waals surface area contributed by atoms with E-state index >= 15 is 0 Å². The van der Waals surface area contributed by atoms with Crippen LogP contribution in [0, 0.1) is 17.2 Å². The molecule has 1 aromatic heterocycles. The molecule has 46 heavy (non-hydrogen) atoms. The van der Waals surface area contributed by atoms with E-state index in [1.807, 2.05) is 24.3 Å². The van der Waals surface area contributed by atoms with Gasteiger partial charge in [-0.2, -0.15) is 5.26 Å². The van der Waals surface area contributed by atoms with Crippen LogP contribution in [-0.2, 0) is 17.6 Å². The van der Waals surface area contributed by atoms with Crippen LogP contribution in [0.4, 0.5) is 5.69 Å². The average molecular weight is 639 g/mol. The molecule has 1 amide bonds. The summed E-state index contributed by atoms with van der Waals surface area (Å²) in [7, 11) is 1.59. The van der Waals surface area contributed by atoms with Gasteiger partial charge in [-0.1, -0.05) is 44.5 Å². The molecule has 0 bridgehead atoms. The van der Waals surface area contributed by atoms with E-state index in [-0.39, 0.29) is 23.0 Å². The maximum atomic E-state index is 14.5. The Balaban J connectivity index is 1.65. The minimum Gasteiger partial charge on any atom is -0.497 e. The van der Waals surface area contributed by atoms with Gasteiger partial charge in [-0.15, -0.1) is 0 Å². The van der Waals surface area contributed by atoms with Crippen LogP contribution in [0.25, 0.3) is 0 Å². The number of aromatic carboxylic acids is 1. The van der Waals surface area contributed by atoms with Gasteiger partial charge in [0.2, 0.25) is 0 Å². The number of carbonyl (C=O) groups excluding carboxylic acids is 1. The van der Waals surface area contributed by atoms with Crippen molar-refractivity contribution in [1.29, 1.82) is 5.26 Å². The number of nitriles is 1. The molecule has 0 fully saturated rings. The van der Waals surface area contributed by atoms with Crippen molar-refractivity contribution in [3.05, 3.63) is 113 Å². The molecule has 0 aliphatic carbocycles. The lowest BCUT2D eigenvalue weighted by Crippen LogP contribution is -2.51. The Morgan fingerprint density at radius 3 is 2.35 bits per heavy atom. The molecule has 4 aromatic rings. The van der Waals surface area contributed by atoms with Gasteiger partial charge < -0.3 is 20.1 Å². The zero-order chi connectivity index (χ0) is 33.1. The number of rotatable bonds is 14. The summed E-state index contributed by atoms with van der Waals surface area (Å²) in [4.78, 5) is 33.8. The maximum Gasteiger partial charge on any atom is 0.335 e.